The van der Waals surface area contributed by atoms with E-state index in [1.807, 2.05) is 0 Å². The van der Waals surface area contributed by atoms with E-state index in [1.54, 1.807) is 18.2 Å². The van der Waals surface area contributed by atoms with Gasteiger partial charge in [-0.25, -0.2) is 8.42 Å². The molecule has 4 nitrogen and oxygen atoms in total. The van der Waals surface area contributed by atoms with E-state index in [0.717, 1.165) is 19.3 Å². The first-order chi connectivity index (χ1) is 9.38. The molecule has 6 heteroatoms. The molecule has 0 unspecified atom stereocenters. The van der Waals surface area contributed by atoms with Gasteiger partial charge in [0.25, 0.3) is 0 Å². The quantitative estimate of drug-likeness (QED) is 0.897. The standard InChI is InChI=1S/C14H15BrO4S/c15-11-8-9(14(13(16)17)6-1-7-14)2-5-12(11)20(18,19)10-3-4-10/h2,5,8,10H,1,3-4,6-7H2,(H,16,17). The molecule has 0 heterocycles. The molecule has 0 atom stereocenters. The van der Waals surface area contributed by atoms with Gasteiger partial charge < -0.3 is 5.11 Å². The van der Waals surface area contributed by atoms with Crippen molar-refractivity contribution < 1.29 is 18.3 Å². The summed E-state index contributed by atoms with van der Waals surface area (Å²) < 4.78 is 25.0. The van der Waals surface area contributed by atoms with Crippen molar-refractivity contribution in [2.45, 2.75) is 47.7 Å². The Morgan fingerprint density at radius 3 is 2.35 bits per heavy atom. The summed E-state index contributed by atoms with van der Waals surface area (Å²) in [6, 6.07) is 4.88. The van der Waals surface area contributed by atoms with Gasteiger partial charge in [0.2, 0.25) is 0 Å². The van der Waals surface area contributed by atoms with Crippen molar-refractivity contribution in [3.8, 4) is 0 Å². The van der Waals surface area contributed by atoms with Gasteiger partial charge in [-0.05, 0) is 59.3 Å². The summed E-state index contributed by atoms with van der Waals surface area (Å²) in [5, 5.41) is 9.16. The van der Waals surface area contributed by atoms with Gasteiger partial charge in [-0.1, -0.05) is 12.5 Å². The summed E-state index contributed by atoms with van der Waals surface area (Å²) in [4.78, 5) is 11.8. The number of sulfone groups is 1. The molecule has 0 bridgehead atoms. The molecule has 0 amide bonds. The van der Waals surface area contributed by atoms with Crippen LogP contribution in [0.2, 0.25) is 0 Å². The van der Waals surface area contributed by atoms with Gasteiger partial charge in [0, 0.05) is 4.47 Å². The Morgan fingerprint density at radius 1 is 1.30 bits per heavy atom. The molecule has 2 aliphatic carbocycles. The molecule has 108 valence electrons. The van der Waals surface area contributed by atoms with E-state index in [9.17, 15) is 18.3 Å². The van der Waals surface area contributed by atoms with Crippen molar-refractivity contribution in [1.29, 1.82) is 0 Å². The maximum atomic E-state index is 12.2. The fraction of sp³-hybridized carbons (Fsp3) is 0.500. The highest BCUT2D eigenvalue weighted by molar-refractivity contribution is 9.10. The average Bonchev–Trinajstić information content (AvgIpc) is 3.10. The van der Waals surface area contributed by atoms with Crippen molar-refractivity contribution in [2.24, 2.45) is 0 Å². The molecule has 0 aromatic heterocycles. The monoisotopic (exact) mass is 358 g/mol. The lowest BCUT2D eigenvalue weighted by Crippen LogP contribution is -2.42. The topological polar surface area (TPSA) is 71.4 Å². The summed E-state index contributed by atoms with van der Waals surface area (Å²) in [6.45, 7) is 0. The molecule has 1 aromatic carbocycles. The van der Waals surface area contributed by atoms with E-state index in [1.165, 1.54) is 0 Å². The maximum Gasteiger partial charge on any atom is 0.314 e. The van der Waals surface area contributed by atoms with Crippen LogP contribution in [0, 0.1) is 0 Å². The zero-order valence-corrected chi connectivity index (χ0v) is 13.2. The lowest BCUT2D eigenvalue weighted by atomic mass is 9.64. The van der Waals surface area contributed by atoms with Crippen LogP contribution in [0.15, 0.2) is 27.6 Å². The van der Waals surface area contributed by atoms with Crippen LogP contribution in [0.5, 0.6) is 0 Å². The molecular weight excluding hydrogens is 344 g/mol. The lowest BCUT2D eigenvalue weighted by Gasteiger charge is -2.38. The Labute approximate surface area is 126 Å². The molecule has 0 radical (unpaired) electrons. The number of halogens is 1. The number of hydrogen-bond acceptors (Lipinski definition) is 3. The molecule has 0 saturated heterocycles. The summed E-state index contributed by atoms with van der Waals surface area (Å²) >= 11 is 3.30. The van der Waals surface area contributed by atoms with Crippen LogP contribution in [-0.4, -0.2) is 24.7 Å². The summed E-state index contributed by atoms with van der Waals surface area (Å²) in [5.41, 5.74) is -0.137. The van der Waals surface area contributed by atoms with Crippen molar-refractivity contribution in [2.75, 3.05) is 0 Å². The normalized spacial score (nSPS) is 21.2. The Hall–Kier alpha value is -0.880. The number of rotatable bonds is 4. The molecule has 0 aliphatic heterocycles. The summed E-state index contributed by atoms with van der Waals surface area (Å²) in [5.74, 6) is -0.826. The second-order valence-electron chi connectivity index (χ2n) is 5.63. The molecule has 1 aromatic rings. The highest BCUT2D eigenvalue weighted by atomic mass is 79.9. The smallest absolute Gasteiger partial charge is 0.314 e. The van der Waals surface area contributed by atoms with E-state index in [2.05, 4.69) is 15.9 Å². The average molecular weight is 359 g/mol. The Balaban J connectivity index is 2.02. The van der Waals surface area contributed by atoms with Crippen molar-refractivity contribution in [3.05, 3.63) is 28.2 Å². The molecule has 2 aliphatic rings. The van der Waals surface area contributed by atoms with Gasteiger partial charge in [0.15, 0.2) is 9.84 Å². The van der Waals surface area contributed by atoms with Crippen LogP contribution < -0.4 is 0 Å². The fourth-order valence-electron chi connectivity index (χ4n) is 2.74. The van der Waals surface area contributed by atoms with E-state index in [-0.39, 0.29) is 10.1 Å². The van der Waals surface area contributed by atoms with Gasteiger partial charge in [-0.15, -0.1) is 0 Å². The Kier molecular flexibility index (Phi) is 3.21. The van der Waals surface area contributed by atoms with E-state index in [4.69, 9.17) is 0 Å². The van der Waals surface area contributed by atoms with Crippen molar-refractivity contribution in [3.63, 3.8) is 0 Å². The SMILES string of the molecule is O=C(O)C1(c2ccc(S(=O)(=O)C3CC3)c(Br)c2)CCC1. The third-order valence-electron chi connectivity index (χ3n) is 4.37. The summed E-state index contributed by atoms with van der Waals surface area (Å²) in [7, 11) is -3.26. The number of aliphatic carboxylic acids is 1. The first kappa shape index (κ1) is 14.1. The molecular formula is C14H15BrO4S. The third kappa shape index (κ3) is 2.00. The predicted octanol–water partition coefficient (Wildman–Crippen LogP) is 2.89. The van der Waals surface area contributed by atoms with Gasteiger partial charge in [-0.3, -0.25) is 4.79 Å². The molecule has 1 N–H and O–H groups in total. The van der Waals surface area contributed by atoms with Crippen LogP contribution in [0.1, 0.15) is 37.7 Å². The molecule has 20 heavy (non-hydrogen) atoms. The minimum atomic E-state index is -3.26. The molecule has 0 spiro atoms. The first-order valence-electron chi connectivity index (χ1n) is 6.65. The number of carbonyl (C=O) groups is 1. The van der Waals surface area contributed by atoms with E-state index < -0.39 is 21.2 Å². The highest BCUT2D eigenvalue weighted by Crippen LogP contribution is 2.46. The number of carboxylic acids is 1. The van der Waals surface area contributed by atoms with Gasteiger partial charge in [0.05, 0.1) is 15.6 Å². The minimum absolute atomic E-state index is 0.262. The first-order valence-corrected chi connectivity index (χ1v) is 8.99. The van der Waals surface area contributed by atoms with Crippen LogP contribution in [-0.2, 0) is 20.0 Å². The van der Waals surface area contributed by atoms with Crippen LogP contribution in [0.4, 0.5) is 0 Å². The predicted molar refractivity (Wildman–Crippen MR) is 77.5 cm³/mol. The largest absolute Gasteiger partial charge is 0.481 e. The zero-order chi connectivity index (χ0) is 14.5. The summed E-state index contributed by atoms with van der Waals surface area (Å²) in [6.07, 6.45) is 3.56. The Bertz CT molecular complexity index is 672. The van der Waals surface area contributed by atoms with Crippen molar-refractivity contribution in [1.82, 2.24) is 0 Å². The number of hydrogen-bond donors (Lipinski definition) is 1. The van der Waals surface area contributed by atoms with Gasteiger partial charge in [-0.2, -0.15) is 0 Å². The maximum absolute atomic E-state index is 12.2. The Morgan fingerprint density at radius 2 is 1.95 bits per heavy atom. The van der Waals surface area contributed by atoms with Crippen LogP contribution in [0.3, 0.4) is 0 Å². The zero-order valence-electron chi connectivity index (χ0n) is 10.8. The van der Waals surface area contributed by atoms with Crippen molar-refractivity contribution >= 4 is 31.7 Å². The van der Waals surface area contributed by atoms with Crippen LogP contribution >= 0.6 is 15.9 Å². The molecule has 2 fully saturated rings. The second-order valence-corrected chi connectivity index (χ2v) is 8.68. The van der Waals surface area contributed by atoms with E-state index >= 15 is 0 Å². The fourth-order valence-corrected chi connectivity index (χ4v) is 5.50. The minimum Gasteiger partial charge on any atom is -0.481 e. The number of benzene rings is 1. The highest BCUT2D eigenvalue weighted by Gasteiger charge is 2.46. The third-order valence-corrected chi connectivity index (χ3v) is 7.61. The second kappa shape index (κ2) is 4.56. The van der Waals surface area contributed by atoms with Gasteiger partial charge in [0.1, 0.15) is 0 Å². The number of carboxylic acid groups (broad SMARTS) is 1. The molecule has 2 saturated carbocycles. The molecule has 3 rings (SSSR count). The van der Waals surface area contributed by atoms with Gasteiger partial charge >= 0.3 is 5.97 Å². The van der Waals surface area contributed by atoms with E-state index in [0.29, 0.717) is 22.9 Å². The lowest BCUT2D eigenvalue weighted by molar-refractivity contribution is -0.147. The van der Waals surface area contributed by atoms with Crippen LogP contribution in [0.25, 0.3) is 0 Å².